The molecule has 0 spiro atoms. The number of esters is 1. The Labute approximate surface area is 170 Å². The zero-order valence-electron chi connectivity index (χ0n) is 15.4. The quantitative estimate of drug-likeness (QED) is 0.366. The molecule has 0 amide bonds. The summed E-state index contributed by atoms with van der Waals surface area (Å²) in [5.41, 5.74) is 1.29. The predicted molar refractivity (Wildman–Crippen MR) is 103 cm³/mol. The fourth-order valence-corrected chi connectivity index (χ4v) is 3.14. The summed E-state index contributed by atoms with van der Waals surface area (Å²) in [7, 11) is 0. The average molecular weight is 404 g/mol. The maximum absolute atomic E-state index is 13.0. The second-order valence-corrected chi connectivity index (χ2v) is 6.61. The molecule has 2 heterocycles. The van der Waals surface area contributed by atoms with E-state index in [2.05, 4.69) is 0 Å². The standard InChI is InChI=1S/C23H13FO6/c24-15-4-2-14(3-5-15)23(26)29-16-6-7-17-19(11-16)30-21(22(17)25)10-13-1-8-18-20(9-13)28-12-27-18/h1-11H,12H2/b21-10-. The Balaban J connectivity index is 1.36. The van der Waals surface area contributed by atoms with Crippen LogP contribution in [-0.2, 0) is 0 Å². The van der Waals surface area contributed by atoms with E-state index in [4.69, 9.17) is 18.9 Å². The molecule has 7 heteroatoms. The van der Waals surface area contributed by atoms with E-state index in [-0.39, 0.29) is 35.4 Å². The molecule has 2 aliphatic heterocycles. The van der Waals surface area contributed by atoms with Crippen molar-refractivity contribution >= 4 is 17.8 Å². The Morgan fingerprint density at radius 3 is 2.57 bits per heavy atom. The number of hydrogen-bond acceptors (Lipinski definition) is 6. The summed E-state index contributed by atoms with van der Waals surface area (Å²) in [6.07, 6.45) is 1.61. The number of fused-ring (bicyclic) bond motifs is 2. The van der Waals surface area contributed by atoms with Crippen LogP contribution < -0.4 is 18.9 Å². The lowest BCUT2D eigenvalue weighted by Crippen LogP contribution is -2.08. The molecule has 0 unspecified atom stereocenters. The first kappa shape index (κ1) is 17.9. The van der Waals surface area contributed by atoms with Crippen LogP contribution in [0.2, 0.25) is 0 Å². The molecule has 0 fully saturated rings. The van der Waals surface area contributed by atoms with Crippen LogP contribution in [0.25, 0.3) is 6.08 Å². The van der Waals surface area contributed by atoms with Gasteiger partial charge in [0.05, 0.1) is 11.1 Å². The molecule has 2 aliphatic rings. The van der Waals surface area contributed by atoms with Gasteiger partial charge in [0.15, 0.2) is 17.3 Å². The van der Waals surface area contributed by atoms with Crippen LogP contribution in [0.4, 0.5) is 4.39 Å². The highest BCUT2D eigenvalue weighted by molar-refractivity contribution is 6.14. The summed E-state index contributed by atoms with van der Waals surface area (Å²) in [6.45, 7) is 0.162. The summed E-state index contributed by atoms with van der Waals surface area (Å²) in [5.74, 6) is 0.517. The molecule has 0 saturated heterocycles. The number of ether oxygens (including phenoxy) is 4. The van der Waals surface area contributed by atoms with E-state index in [1.807, 2.05) is 0 Å². The largest absolute Gasteiger partial charge is 0.454 e. The molecule has 0 radical (unpaired) electrons. The summed E-state index contributed by atoms with van der Waals surface area (Å²) < 4.78 is 34.6. The number of ketones is 1. The van der Waals surface area contributed by atoms with Crippen molar-refractivity contribution in [2.45, 2.75) is 0 Å². The highest BCUT2D eigenvalue weighted by Gasteiger charge is 2.28. The lowest BCUT2D eigenvalue weighted by atomic mass is 10.1. The van der Waals surface area contributed by atoms with Crippen LogP contribution in [0.15, 0.2) is 66.4 Å². The molecule has 0 aliphatic carbocycles. The first-order chi connectivity index (χ1) is 14.6. The van der Waals surface area contributed by atoms with E-state index in [0.29, 0.717) is 17.1 Å². The van der Waals surface area contributed by atoms with E-state index in [1.165, 1.54) is 42.5 Å². The maximum Gasteiger partial charge on any atom is 0.343 e. The molecule has 148 valence electrons. The summed E-state index contributed by atoms with van der Waals surface area (Å²) in [4.78, 5) is 24.8. The monoisotopic (exact) mass is 404 g/mol. The van der Waals surface area contributed by atoms with Crippen molar-refractivity contribution in [3.63, 3.8) is 0 Å². The van der Waals surface area contributed by atoms with Gasteiger partial charge < -0.3 is 18.9 Å². The van der Waals surface area contributed by atoms with Gasteiger partial charge in [-0.25, -0.2) is 9.18 Å². The zero-order chi connectivity index (χ0) is 20.7. The van der Waals surface area contributed by atoms with E-state index in [9.17, 15) is 14.0 Å². The van der Waals surface area contributed by atoms with Crippen LogP contribution >= 0.6 is 0 Å². The van der Waals surface area contributed by atoms with Crippen molar-refractivity contribution in [3.8, 4) is 23.0 Å². The molecular weight excluding hydrogens is 391 g/mol. The molecule has 3 aromatic rings. The molecule has 0 N–H and O–H groups in total. The number of hydrogen-bond donors (Lipinski definition) is 0. The first-order valence-corrected chi connectivity index (χ1v) is 9.02. The third-order valence-corrected chi connectivity index (χ3v) is 4.63. The van der Waals surface area contributed by atoms with Crippen molar-refractivity contribution < 1.29 is 32.9 Å². The van der Waals surface area contributed by atoms with E-state index < -0.39 is 11.8 Å². The van der Waals surface area contributed by atoms with Crippen LogP contribution in [0.3, 0.4) is 0 Å². The number of benzene rings is 3. The minimum absolute atomic E-state index is 0.144. The van der Waals surface area contributed by atoms with Gasteiger partial charge in [-0.05, 0) is 60.2 Å². The molecule has 0 atom stereocenters. The van der Waals surface area contributed by atoms with Crippen molar-refractivity contribution in [2.75, 3.05) is 6.79 Å². The third-order valence-electron chi connectivity index (χ3n) is 4.63. The number of carbonyl (C=O) groups excluding carboxylic acids is 2. The molecule has 30 heavy (non-hydrogen) atoms. The number of allylic oxidation sites excluding steroid dienone is 1. The van der Waals surface area contributed by atoms with Crippen molar-refractivity contribution in [1.82, 2.24) is 0 Å². The Bertz CT molecular complexity index is 1210. The third kappa shape index (κ3) is 3.26. The van der Waals surface area contributed by atoms with Crippen LogP contribution in [0.1, 0.15) is 26.3 Å². The first-order valence-electron chi connectivity index (χ1n) is 9.02. The molecular formula is C23H13FO6. The Hall–Kier alpha value is -4.13. The smallest absolute Gasteiger partial charge is 0.343 e. The van der Waals surface area contributed by atoms with Gasteiger partial charge in [-0.3, -0.25) is 4.79 Å². The normalized spacial score (nSPS) is 15.1. The maximum atomic E-state index is 13.0. The molecule has 3 aromatic carbocycles. The van der Waals surface area contributed by atoms with Gasteiger partial charge in [0.25, 0.3) is 0 Å². The van der Waals surface area contributed by atoms with Crippen LogP contribution in [0, 0.1) is 5.82 Å². The minimum Gasteiger partial charge on any atom is -0.454 e. The number of halogens is 1. The van der Waals surface area contributed by atoms with Crippen molar-refractivity contribution in [1.29, 1.82) is 0 Å². The lowest BCUT2D eigenvalue weighted by molar-refractivity contribution is 0.0734. The molecule has 5 rings (SSSR count). The Morgan fingerprint density at radius 1 is 0.933 bits per heavy atom. The lowest BCUT2D eigenvalue weighted by Gasteiger charge is -2.05. The highest BCUT2D eigenvalue weighted by atomic mass is 19.1. The molecule has 0 aromatic heterocycles. The summed E-state index contributed by atoms with van der Waals surface area (Å²) >= 11 is 0. The van der Waals surface area contributed by atoms with Gasteiger partial charge in [0.1, 0.15) is 17.3 Å². The second-order valence-electron chi connectivity index (χ2n) is 6.61. The van der Waals surface area contributed by atoms with Crippen LogP contribution in [-0.4, -0.2) is 18.5 Å². The fourth-order valence-electron chi connectivity index (χ4n) is 3.14. The average Bonchev–Trinajstić information content (AvgIpc) is 3.32. The van der Waals surface area contributed by atoms with E-state index in [0.717, 1.165) is 5.56 Å². The van der Waals surface area contributed by atoms with E-state index >= 15 is 0 Å². The number of rotatable bonds is 3. The van der Waals surface area contributed by atoms with Gasteiger partial charge >= 0.3 is 5.97 Å². The summed E-state index contributed by atoms with van der Waals surface area (Å²) in [6, 6.07) is 14.8. The predicted octanol–water partition coefficient (Wildman–Crippen LogP) is 4.39. The topological polar surface area (TPSA) is 71.1 Å². The van der Waals surface area contributed by atoms with Gasteiger partial charge in [-0.2, -0.15) is 0 Å². The van der Waals surface area contributed by atoms with Crippen molar-refractivity contribution in [2.24, 2.45) is 0 Å². The Kier molecular flexibility index (Phi) is 4.21. The SMILES string of the molecule is O=C(Oc1ccc2c(c1)O/C(=C\c1ccc3c(c1)OCO3)C2=O)c1ccc(F)cc1. The van der Waals surface area contributed by atoms with Crippen LogP contribution in [0.5, 0.6) is 23.0 Å². The fraction of sp³-hybridized carbons (Fsp3) is 0.0435. The van der Waals surface area contributed by atoms with Gasteiger partial charge in [0.2, 0.25) is 12.6 Å². The molecule has 6 nitrogen and oxygen atoms in total. The van der Waals surface area contributed by atoms with Gasteiger partial charge in [0, 0.05) is 6.07 Å². The van der Waals surface area contributed by atoms with Crippen molar-refractivity contribution in [3.05, 3.63) is 88.9 Å². The van der Waals surface area contributed by atoms with Gasteiger partial charge in [-0.15, -0.1) is 0 Å². The second kappa shape index (κ2) is 7.04. The zero-order valence-corrected chi connectivity index (χ0v) is 15.4. The molecule has 0 saturated carbocycles. The minimum atomic E-state index is -0.643. The molecule has 0 bridgehead atoms. The number of carbonyl (C=O) groups is 2. The highest BCUT2D eigenvalue weighted by Crippen LogP contribution is 2.37. The van der Waals surface area contributed by atoms with Gasteiger partial charge in [-0.1, -0.05) is 6.07 Å². The van der Waals surface area contributed by atoms with E-state index in [1.54, 1.807) is 24.3 Å². The summed E-state index contributed by atoms with van der Waals surface area (Å²) in [5, 5.41) is 0. The Morgan fingerprint density at radius 2 is 1.73 bits per heavy atom. The number of Topliss-reactive ketones (excluding diaryl/α,β-unsaturated/α-hetero) is 1.